The Labute approximate surface area is 162 Å². The predicted octanol–water partition coefficient (Wildman–Crippen LogP) is 3.32. The summed E-state index contributed by atoms with van der Waals surface area (Å²) in [5, 5.41) is 0. The van der Waals surface area contributed by atoms with E-state index in [1.54, 1.807) is 0 Å². The minimum Gasteiger partial charge on any atom is -0.468 e. The number of nitrogens with zero attached hydrogens (tertiary/aromatic N) is 2. The number of benzene rings is 1. The lowest BCUT2D eigenvalue weighted by atomic mass is 9.87. The lowest BCUT2D eigenvalue weighted by molar-refractivity contribution is -0.152. The van der Waals surface area contributed by atoms with Gasteiger partial charge < -0.3 is 9.64 Å². The van der Waals surface area contributed by atoms with Gasteiger partial charge in [0.2, 0.25) is 5.91 Å². The topological polar surface area (TPSA) is 49.9 Å². The number of carbonyl (C=O) groups is 2. The van der Waals surface area contributed by atoms with Crippen molar-refractivity contribution in [1.82, 2.24) is 9.80 Å². The average molecular weight is 373 g/mol. The van der Waals surface area contributed by atoms with Crippen LogP contribution in [0.3, 0.4) is 0 Å². The molecule has 0 radical (unpaired) electrons. The molecule has 27 heavy (non-hydrogen) atoms. The molecule has 0 unspecified atom stereocenters. The second-order valence-corrected chi connectivity index (χ2v) is 8.23. The molecule has 2 aliphatic heterocycles. The highest BCUT2D eigenvalue weighted by Gasteiger charge is 2.55. The molecule has 1 aromatic carbocycles. The van der Waals surface area contributed by atoms with Crippen LogP contribution in [0.2, 0.25) is 0 Å². The van der Waals surface area contributed by atoms with E-state index in [0.29, 0.717) is 6.42 Å². The highest BCUT2D eigenvalue weighted by molar-refractivity contribution is 5.86. The van der Waals surface area contributed by atoms with Crippen molar-refractivity contribution in [2.75, 3.05) is 27.2 Å². The SMILES string of the molecule is COC(=O)[C@]1(C)C[C@H](C(=O)N2CCCCCC2)[C@H](c2ccccc2C)N1C. The lowest BCUT2D eigenvalue weighted by Crippen LogP contribution is -2.47. The Bertz CT molecular complexity index is 697. The third kappa shape index (κ3) is 3.62. The number of carbonyl (C=O) groups excluding carboxylic acids is 2. The minimum atomic E-state index is -0.798. The Morgan fingerprint density at radius 1 is 1.11 bits per heavy atom. The summed E-state index contributed by atoms with van der Waals surface area (Å²) in [5.74, 6) is -0.322. The number of likely N-dealkylation sites (tertiary alicyclic amines) is 2. The Hall–Kier alpha value is -1.88. The smallest absolute Gasteiger partial charge is 0.326 e. The van der Waals surface area contributed by atoms with Crippen molar-refractivity contribution < 1.29 is 14.3 Å². The molecule has 0 aliphatic carbocycles. The van der Waals surface area contributed by atoms with E-state index >= 15 is 0 Å². The van der Waals surface area contributed by atoms with Gasteiger partial charge in [0.05, 0.1) is 13.0 Å². The number of hydrogen-bond donors (Lipinski definition) is 0. The Balaban J connectivity index is 1.99. The second kappa shape index (κ2) is 8.01. The number of methoxy groups -OCH3 is 1. The van der Waals surface area contributed by atoms with Crippen LogP contribution in [-0.4, -0.2) is 54.5 Å². The summed E-state index contributed by atoms with van der Waals surface area (Å²) in [6.45, 7) is 5.63. The Kier molecular flexibility index (Phi) is 5.89. The van der Waals surface area contributed by atoms with E-state index in [1.165, 1.54) is 20.0 Å². The van der Waals surface area contributed by atoms with Gasteiger partial charge in [0.1, 0.15) is 5.54 Å². The number of esters is 1. The summed E-state index contributed by atoms with van der Waals surface area (Å²) in [6, 6.07) is 8.06. The van der Waals surface area contributed by atoms with Crippen molar-refractivity contribution in [2.24, 2.45) is 5.92 Å². The maximum atomic E-state index is 13.5. The first-order chi connectivity index (χ1) is 12.9. The largest absolute Gasteiger partial charge is 0.468 e. The zero-order valence-electron chi connectivity index (χ0n) is 17.0. The van der Waals surface area contributed by atoms with Gasteiger partial charge in [-0.25, -0.2) is 0 Å². The molecule has 5 nitrogen and oxygen atoms in total. The maximum Gasteiger partial charge on any atom is 0.326 e. The van der Waals surface area contributed by atoms with Gasteiger partial charge >= 0.3 is 5.97 Å². The van der Waals surface area contributed by atoms with Gasteiger partial charge in [-0.2, -0.15) is 0 Å². The number of likely N-dealkylation sites (N-methyl/N-ethyl adjacent to an activating group) is 1. The normalized spacial score (nSPS) is 29.4. The number of rotatable bonds is 3. The van der Waals surface area contributed by atoms with Crippen molar-refractivity contribution in [3.05, 3.63) is 35.4 Å². The van der Waals surface area contributed by atoms with E-state index in [0.717, 1.165) is 37.1 Å². The average Bonchev–Trinajstić information content (AvgIpc) is 2.85. The van der Waals surface area contributed by atoms with Gasteiger partial charge in [0.15, 0.2) is 0 Å². The highest BCUT2D eigenvalue weighted by atomic mass is 16.5. The molecule has 2 saturated heterocycles. The molecule has 0 aromatic heterocycles. The highest BCUT2D eigenvalue weighted by Crippen LogP contribution is 2.47. The summed E-state index contributed by atoms with van der Waals surface area (Å²) >= 11 is 0. The summed E-state index contributed by atoms with van der Waals surface area (Å²) in [6.07, 6.45) is 5.00. The van der Waals surface area contributed by atoms with Gasteiger partial charge in [-0.15, -0.1) is 0 Å². The third-order valence-corrected chi connectivity index (χ3v) is 6.56. The van der Waals surface area contributed by atoms with Crippen LogP contribution in [0.15, 0.2) is 24.3 Å². The Morgan fingerprint density at radius 2 is 1.74 bits per heavy atom. The van der Waals surface area contributed by atoms with Gasteiger partial charge in [-0.3, -0.25) is 14.5 Å². The van der Waals surface area contributed by atoms with E-state index < -0.39 is 5.54 Å². The van der Waals surface area contributed by atoms with E-state index in [2.05, 4.69) is 24.0 Å². The monoisotopic (exact) mass is 372 g/mol. The first-order valence-electron chi connectivity index (χ1n) is 10.1. The van der Waals surface area contributed by atoms with Crippen LogP contribution in [0.25, 0.3) is 0 Å². The summed E-state index contributed by atoms with van der Waals surface area (Å²) < 4.78 is 5.11. The first kappa shape index (κ1) is 19.9. The van der Waals surface area contributed by atoms with Gasteiger partial charge in [-0.1, -0.05) is 37.1 Å². The number of amides is 1. The van der Waals surface area contributed by atoms with E-state index in [9.17, 15) is 9.59 Å². The second-order valence-electron chi connectivity index (χ2n) is 8.23. The molecular formula is C22H32N2O3. The van der Waals surface area contributed by atoms with E-state index in [1.807, 2.05) is 31.0 Å². The maximum absolute atomic E-state index is 13.5. The van der Waals surface area contributed by atoms with E-state index in [4.69, 9.17) is 4.74 Å². The standard InChI is InChI=1S/C22H32N2O3/c1-16-11-7-8-12-17(16)19-18(15-22(2,23(19)3)21(26)27-4)20(25)24-13-9-5-6-10-14-24/h7-8,11-12,18-19H,5-6,9-10,13-15H2,1-4H3/t18-,19-,22-/m0/s1. The molecule has 0 spiro atoms. The van der Waals surface area contributed by atoms with Crippen molar-refractivity contribution in [3.8, 4) is 0 Å². The molecule has 148 valence electrons. The zero-order valence-corrected chi connectivity index (χ0v) is 17.0. The van der Waals surface area contributed by atoms with Crippen LogP contribution in [0.1, 0.15) is 56.2 Å². The quantitative estimate of drug-likeness (QED) is 0.764. The number of aryl methyl sites for hydroxylation is 1. The molecular weight excluding hydrogens is 340 g/mol. The molecule has 3 rings (SSSR count). The Morgan fingerprint density at radius 3 is 2.33 bits per heavy atom. The van der Waals surface area contributed by atoms with Crippen LogP contribution < -0.4 is 0 Å². The molecule has 3 atom stereocenters. The van der Waals surface area contributed by atoms with Crippen molar-refractivity contribution in [2.45, 2.75) is 57.5 Å². The van der Waals surface area contributed by atoms with Crippen molar-refractivity contribution >= 4 is 11.9 Å². The molecule has 1 aromatic rings. The fourth-order valence-electron chi connectivity index (χ4n) is 4.80. The molecule has 2 fully saturated rings. The third-order valence-electron chi connectivity index (χ3n) is 6.56. The zero-order chi connectivity index (χ0) is 19.6. The van der Waals surface area contributed by atoms with Crippen molar-refractivity contribution in [1.29, 1.82) is 0 Å². The van der Waals surface area contributed by atoms with Gasteiger partial charge in [-0.05, 0) is 51.3 Å². The fraction of sp³-hybridized carbons (Fsp3) is 0.636. The molecule has 0 saturated carbocycles. The van der Waals surface area contributed by atoms with Crippen LogP contribution >= 0.6 is 0 Å². The van der Waals surface area contributed by atoms with Crippen LogP contribution in [0.5, 0.6) is 0 Å². The lowest BCUT2D eigenvalue weighted by Gasteiger charge is -2.34. The van der Waals surface area contributed by atoms with E-state index in [-0.39, 0.29) is 23.8 Å². The molecule has 1 amide bonds. The van der Waals surface area contributed by atoms with Gasteiger partial charge in [0, 0.05) is 19.1 Å². The van der Waals surface area contributed by atoms with Gasteiger partial charge in [0.25, 0.3) is 0 Å². The fourth-order valence-corrected chi connectivity index (χ4v) is 4.80. The van der Waals surface area contributed by atoms with Crippen LogP contribution in [-0.2, 0) is 14.3 Å². The molecule has 0 N–H and O–H groups in total. The molecule has 2 heterocycles. The first-order valence-corrected chi connectivity index (χ1v) is 10.1. The van der Waals surface area contributed by atoms with Crippen LogP contribution in [0, 0.1) is 12.8 Å². The molecule has 0 bridgehead atoms. The summed E-state index contributed by atoms with van der Waals surface area (Å²) in [4.78, 5) is 30.2. The number of hydrogen-bond acceptors (Lipinski definition) is 4. The number of ether oxygens (including phenoxy) is 1. The molecule has 2 aliphatic rings. The predicted molar refractivity (Wildman–Crippen MR) is 105 cm³/mol. The van der Waals surface area contributed by atoms with Crippen molar-refractivity contribution in [3.63, 3.8) is 0 Å². The summed E-state index contributed by atoms with van der Waals surface area (Å²) in [5.41, 5.74) is 1.48. The molecule has 5 heteroatoms. The van der Waals surface area contributed by atoms with Crippen LogP contribution in [0.4, 0.5) is 0 Å². The summed E-state index contributed by atoms with van der Waals surface area (Å²) in [7, 11) is 3.37. The minimum absolute atomic E-state index is 0.119.